The van der Waals surface area contributed by atoms with Crippen LogP contribution in [0.15, 0.2) is 48.5 Å². The normalized spacial score (nSPS) is 15.9. The number of hydrogen-bond donors (Lipinski definition) is 1. The number of rotatable bonds is 9. The molecule has 0 unspecified atom stereocenters. The standard InChI is InChI=1S/C29H36FN3O3/c1-20(2)29(35)33(14-12-21-6-9-25(30)10-7-21)18-24-15-23-8-11-26(36-3)16-27(23)31-28(24)32-13-4-5-22(17-32)19-34/h6-11,15-16,20,22,34H,4-5,12-14,17-19H2,1-3H3/t22-/m0/s1. The van der Waals surface area contributed by atoms with Gasteiger partial charge in [-0.05, 0) is 61.1 Å². The molecule has 7 heteroatoms. The van der Waals surface area contributed by atoms with Crippen LogP contribution >= 0.6 is 0 Å². The number of halogens is 1. The summed E-state index contributed by atoms with van der Waals surface area (Å²) < 4.78 is 18.8. The van der Waals surface area contributed by atoms with Crippen molar-refractivity contribution in [3.63, 3.8) is 0 Å². The first-order valence-electron chi connectivity index (χ1n) is 12.7. The van der Waals surface area contributed by atoms with Crippen molar-refractivity contribution in [1.82, 2.24) is 9.88 Å². The van der Waals surface area contributed by atoms with Crippen LogP contribution in [0.4, 0.5) is 10.2 Å². The van der Waals surface area contributed by atoms with Crippen LogP contribution in [-0.4, -0.2) is 54.2 Å². The summed E-state index contributed by atoms with van der Waals surface area (Å²) >= 11 is 0. The number of benzene rings is 2. The number of carbonyl (C=O) groups is 1. The van der Waals surface area contributed by atoms with Gasteiger partial charge >= 0.3 is 0 Å². The van der Waals surface area contributed by atoms with Gasteiger partial charge < -0.3 is 19.6 Å². The van der Waals surface area contributed by atoms with E-state index in [1.807, 2.05) is 36.9 Å². The first-order valence-corrected chi connectivity index (χ1v) is 12.7. The third-order valence-electron chi connectivity index (χ3n) is 6.91. The molecule has 3 aromatic rings. The van der Waals surface area contributed by atoms with E-state index in [4.69, 9.17) is 9.72 Å². The number of pyridine rings is 1. The average molecular weight is 494 g/mol. The van der Waals surface area contributed by atoms with Crippen LogP contribution in [0.1, 0.15) is 37.8 Å². The van der Waals surface area contributed by atoms with Gasteiger partial charge in [0.1, 0.15) is 17.4 Å². The molecular weight excluding hydrogens is 457 g/mol. The Kier molecular flexibility index (Phi) is 8.41. The maximum atomic E-state index is 13.4. The largest absolute Gasteiger partial charge is 0.497 e. The van der Waals surface area contributed by atoms with Crippen LogP contribution in [0.3, 0.4) is 0 Å². The van der Waals surface area contributed by atoms with Gasteiger partial charge in [-0.2, -0.15) is 0 Å². The number of fused-ring (bicyclic) bond motifs is 1. The van der Waals surface area contributed by atoms with Crippen molar-refractivity contribution in [2.45, 2.75) is 39.7 Å². The molecule has 2 heterocycles. The lowest BCUT2D eigenvalue weighted by atomic mass is 9.98. The molecule has 36 heavy (non-hydrogen) atoms. The number of piperidine rings is 1. The van der Waals surface area contributed by atoms with Crippen molar-refractivity contribution in [3.8, 4) is 5.75 Å². The second-order valence-electron chi connectivity index (χ2n) is 9.96. The lowest BCUT2D eigenvalue weighted by Crippen LogP contribution is -2.39. The molecule has 192 valence electrons. The van der Waals surface area contributed by atoms with E-state index >= 15 is 0 Å². The number of nitrogens with zero attached hydrogens (tertiary/aromatic N) is 3. The highest BCUT2D eigenvalue weighted by Crippen LogP contribution is 2.30. The zero-order valence-electron chi connectivity index (χ0n) is 21.4. The predicted octanol–water partition coefficient (Wildman–Crippen LogP) is 4.82. The van der Waals surface area contributed by atoms with Crippen LogP contribution in [-0.2, 0) is 17.8 Å². The number of hydrogen-bond acceptors (Lipinski definition) is 5. The van der Waals surface area contributed by atoms with E-state index in [1.165, 1.54) is 12.1 Å². The van der Waals surface area contributed by atoms with Crippen molar-refractivity contribution >= 4 is 22.6 Å². The summed E-state index contributed by atoms with van der Waals surface area (Å²) in [6.45, 7) is 6.54. The van der Waals surface area contributed by atoms with Gasteiger partial charge in [0, 0.05) is 55.7 Å². The molecule has 1 aliphatic heterocycles. The summed E-state index contributed by atoms with van der Waals surface area (Å²) in [5.74, 6) is 1.48. The number of carbonyl (C=O) groups excluding carboxylic acids is 1. The number of methoxy groups -OCH3 is 1. The molecule has 0 spiro atoms. The Balaban J connectivity index is 1.68. The second-order valence-corrected chi connectivity index (χ2v) is 9.96. The molecule has 0 radical (unpaired) electrons. The summed E-state index contributed by atoms with van der Waals surface area (Å²) in [6.07, 6.45) is 2.63. The fourth-order valence-electron chi connectivity index (χ4n) is 4.86. The van der Waals surface area contributed by atoms with Gasteiger partial charge in [-0.3, -0.25) is 4.79 Å². The SMILES string of the molecule is COc1ccc2cc(CN(CCc3ccc(F)cc3)C(=O)C(C)C)c(N3CCC[C@H](CO)C3)nc2c1. The molecule has 4 rings (SSSR count). The molecule has 1 N–H and O–H groups in total. The van der Waals surface area contributed by atoms with E-state index in [1.54, 1.807) is 19.2 Å². The molecule has 2 aromatic carbocycles. The number of aliphatic hydroxyl groups excluding tert-OH is 1. The van der Waals surface area contributed by atoms with Gasteiger partial charge in [0.25, 0.3) is 0 Å². The number of anilines is 1. The minimum atomic E-state index is -0.264. The zero-order valence-corrected chi connectivity index (χ0v) is 21.4. The summed E-state index contributed by atoms with van der Waals surface area (Å²) in [5.41, 5.74) is 2.82. The van der Waals surface area contributed by atoms with Crippen molar-refractivity contribution in [1.29, 1.82) is 0 Å². The average Bonchev–Trinajstić information content (AvgIpc) is 2.90. The summed E-state index contributed by atoms with van der Waals surface area (Å²) in [7, 11) is 1.64. The smallest absolute Gasteiger partial charge is 0.225 e. The Morgan fingerprint density at radius 1 is 1.22 bits per heavy atom. The molecule has 1 saturated heterocycles. The van der Waals surface area contributed by atoms with Crippen molar-refractivity contribution in [2.24, 2.45) is 11.8 Å². The zero-order chi connectivity index (χ0) is 25.7. The Bertz CT molecular complexity index is 1180. The van der Waals surface area contributed by atoms with Gasteiger partial charge in [0.15, 0.2) is 0 Å². The van der Waals surface area contributed by atoms with E-state index in [0.717, 1.165) is 59.5 Å². The number of aromatic nitrogens is 1. The maximum Gasteiger partial charge on any atom is 0.225 e. The molecule has 1 fully saturated rings. The van der Waals surface area contributed by atoms with Crippen LogP contribution < -0.4 is 9.64 Å². The number of ether oxygens (including phenoxy) is 1. The van der Waals surface area contributed by atoms with Crippen molar-refractivity contribution in [3.05, 3.63) is 65.5 Å². The minimum Gasteiger partial charge on any atom is -0.497 e. The molecule has 6 nitrogen and oxygen atoms in total. The lowest BCUT2D eigenvalue weighted by molar-refractivity contribution is -0.135. The van der Waals surface area contributed by atoms with E-state index in [0.29, 0.717) is 19.5 Å². The van der Waals surface area contributed by atoms with E-state index in [-0.39, 0.29) is 30.2 Å². The summed E-state index contributed by atoms with van der Waals surface area (Å²) in [4.78, 5) is 22.4. The van der Waals surface area contributed by atoms with Crippen molar-refractivity contribution < 1.29 is 19.0 Å². The summed E-state index contributed by atoms with van der Waals surface area (Å²) in [5, 5.41) is 10.8. The van der Waals surface area contributed by atoms with Gasteiger partial charge in [-0.1, -0.05) is 26.0 Å². The fourth-order valence-corrected chi connectivity index (χ4v) is 4.86. The topological polar surface area (TPSA) is 65.9 Å². The summed E-state index contributed by atoms with van der Waals surface area (Å²) in [6, 6.07) is 14.4. The number of amides is 1. The molecule has 0 bridgehead atoms. The van der Waals surface area contributed by atoms with Crippen molar-refractivity contribution in [2.75, 3.05) is 38.3 Å². The Hall–Kier alpha value is -3.19. The molecule has 0 saturated carbocycles. The molecule has 0 aliphatic carbocycles. The molecule has 1 atom stereocenters. The molecular formula is C29H36FN3O3. The van der Waals surface area contributed by atoms with Crippen LogP contribution in [0.2, 0.25) is 0 Å². The van der Waals surface area contributed by atoms with Gasteiger partial charge in [0.05, 0.1) is 12.6 Å². The van der Waals surface area contributed by atoms with Gasteiger partial charge in [-0.15, -0.1) is 0 Å². The van der Waals surface area contributed by atoms with Crippen LogP contribution in [0.25, 0.3) is 10.9 Å². The van der Waals surface area contributed by atoms with E-state index in [2.05, 4.69) is 11.0 Å². The first-order chi connectivity index (χ1) is 17.4. The second kappa shape index (κ2) is 11.7. The Morgan fingerprint density at radius 2 is 2.00 bits per heavy atom. The number of aliphatic hydroxyl groups is 1. The predicted molar refractivity (Wildman–Crippen MR) is 141 cm³/mol. The fraction of sp³-hybridized carbons (Fsp3) is 0.448. The third kappa shape index (κ3) is 6.13. The lowest BCUT2D eigenvalue weighted by Gasteiger charge is -2.35. The third-order valence-corrected chi connectivity index (χ3v) is 6.91. The molecule has 1 aliphatic rings. The highest BCUT2D eigenvalue weighted by Gasteiger charge is 2.25. The minimum absolute atomic E-state index is 0.0739. The maximum absolute atomic E-state index is 13.4. The quantitative estimate of drug-likeness (QED) is 0.463. The Morgan fingerprint density at radius 3 is 2.69 bits per heavy atom. The van der Waals surface area contributed by atoms with E-state index < -0.39 is 0 Å². The van der Waals surface area contributed by atoms with Gasteiger partial charge in [0.2, 0.25) is 5.91 Å². The molecule has 1 aromatic heterocycles. The van der Waals surface area contributed by atoms with E-state index in [9.17, 15) is 14.3 Å². The van der Waals surface area contributed by atoms with Gasteiger partial charge in [-0.25, -0.2) is 9.37 Å². The van der Waals surface area contributed by atoms with Crippen LogP contribution in [0, 0.1) is 17.7 Å². The highest BCUT2D eigenvalue weighted by atomic mass is 19.1. The van der Waals surface area contributed by atoms with Crippen LogP contribution in [0.5, 0.6) is 5.75 Å². The highest BCUT2D eigenvalue weighted by molar-refractivity contribution is 5.84. The first kappa shape index (κ1) is 25.9. The molecule has 1 amide bonds. The monoisotopic (exact) mass is 493 g/mol. The Labute approximate surface area is 212 Å².